The molecule has 164 valence electrons. The lowest BCUT2D eigenvalue weighted by atomic mass is 9.88. The third-order valence-electron chi connectivity index (χ3n) is 5.97. The molecular weight excluding hydrogens is 409 g/mol. The van der Waals surface area contributed by atoms with Crippen molar-refractivity contribution in [3.63, 3.8) is 0 Å². The van der Waals surface area contributed by atoms with Crippen molar-refractivity contribution in [1.29, 1.82) is 0 Å². The van der Waals surface area contributed by atoms with Crippen molar-refractivity contribution < 1.29 is 18.8 Å². The first-order valence-electron chi connectivity index (χ1n) is 10.7. The number of nitrogens with zero attached hydrogens (tertiary/aromatic N) is 1. The summed E-state index contributed by atoms with van der Waals surface area (Å²) in [6, 6.07) is 5.11. The number of likely N-dealkylation sites (tertiary alicyclic amines) is 1. The van der Waals surface area contributed by atoms with E-state index in [1.54, 1.807) is 4.90 Å². The summed E-state index contributed by atoms with van der Waals surface area (Å²) in [6.45, 7) is 1.08. The largest absolute Gasteiger partial charge is 0.351 e. The second-order valence-corrected chi connectivity index (χ2v) is 8.48. The van der Waals surface area contributed by atoms with Gasteiger partial charge in [0, 0.05) is 43.0 Å². The molecular formula is C22H29ClFN3O3. The number of rotatable bonds is 6. The molecule has 2 aliphatic rings. The van der Waals surface area contributed by atoms with Gasteiger partial charge in [-0.25, -0.2) is 4.39 Å². The number of nitrogens with one attached hydrogen (secondary N) is 2. The number of carbonyl (C=O) groups excluding carboxylic acids is 3. The van der Waals surface area contributed by atoms with Crippen molar-refractivity contribution in [2.45, 2.75) is 57.0 Å². The van der Waals surface area contributed by atoms with Gasteiger partial charge < -0.3 is 15.5 Å². The van der Waals surface area contributed by atoms with Crippen molar-refractivity contribution in [3.05, 3.63) is 35.6 Å². The smallest absolute Gasteiger partial charge is 0.251 e. The minimum absolute atomic E-state index is 0.00963. The highest BCUT2D eigenvalue weighted by atomic mass is 35.5. The zero-order valence-corrected chi connectivity index (χ0v) is 17.8. The molecule has 1 unspecified atom stereocenters. The van der Waals surface area contributed by atoms with Crippen LogP contribution in [0.1, 0.15) is 55.3 Å². The SMILES string of the molecule is O=C(N[C@@H]1CCCC[C@H]1NC(=O)C1CCCN(C(=O)CCCl)C1)c1ccc(F)cc1. The molecule has 1 aliphatic carbocycles. The van der Waals surface area contributed by atoms with E-state index in [4.69, 9.17) is 11.6 Å². The lowest BCUT2D eigenvalue weighted by Gasteiger charge is -2.36. The second-order valence-electron chi connectivity index (χ2n) is 8.10. The van der Waals surface area contributed by atoms with Gasteiger partial charge in [0.05, 0.1) is 5.92 Å². The van der Waals surface area contributed by atoms with Gasteiger partial charge in [0.2, 0.25) is 11.8 Å². The molecule has 3 atom stereocenters. The number of carbonyl (C=O) groups is 3. The maximum atomic E-state index is 13.1. The number of benzene rings is 1. The summed E-state index contributed by atoms with van der Waals surface area (Å²) in [6.07, 6.45) is 5.36. The van der Waals surface area contributed by atoms with E-state index in [2.05, 4.69) is 10.6 Å². The van der Waals surface area contributed by atoms with E-state index in [1.807, 2.05) is 0 Å². The topological polar surface area (TPSA) is 78.5 Å². The van der Waals surface area contributed by atoms with E-state index in [9.17, 15) is 18.8 Å². The van der Waals surface area contributed by atoms with E-state index in [-0.39, 0.29) is 53.8 Å². The maximum Gasteiger partial charge on any atom is 0.251 e. The average Bonchev–Trinajstić information content (AvgIpc) is 2.75. The summed E-state index contributed by atoms with van der Waals surface area (Å²) in [4.78, 5) is 39.3. The van der Waals surface area contributed by atoms with Crippen LogP contribution < -0.4 is 10.6 Å². The zero-order chi connectivity index (χ0) is 21.5. The van der Waals surface area contributed by atoms with Crippen LogP contribution in [0.3, 0.4) is 0 Å². The lowest BCUT2D eigenvalue weighted by Crippen LogP contribution is -2.55. The number of hydrogen-bond acceptors (Lipinski definition) is 3. The Morgan fingerprint density at radius 1 is 1.00 bits per heavy atom. The van der Waals surface area contributed by atoms with E-state index in [0.717, 1.165) is 38.5 Å². The van der Waals surface area contributed by atoms with E-state index >= 15 is 0 Å². The van der Waals surface area contributed by atoms with Gasteiger partial charge in [-0.1, -0.05) is 12.8 Å². The van der Waals surface area contributed by atoms with Gasteiger partial charge in [-0.15, -0.1) is 11.6 Å². The van der Waals surface area contributed by atoms with E-state index in [0.29, 0.717) is 18.7 Å². The van der Waals surface area contributed by atoms with Gasteiger partial charge in [0.15, 0.2) is 0 Å². The van der Waals surface area contributed by atoms with E-state index < -0.39 is 0 Å². The predicted octanol–water partition coefficient (Wildman–Crippen LogP) is 2.85. The molecule has 8 heteroatoms. The van der Waals surface area contributed by atoms with Crippen molar-refractivity contribution in [3.8, 4) is 0 Å². The molecule has 0 bridgehead atoms. The number of hydrogen-bond donors (Lipinski definition) is 2. The molecule has 2 N–H and O–H groups in total. The molecule has 2 fully saturated rings. The summed E-state index contributed by atoms with van der Waals surface area (Å²) in [7, 11) is 0. The first kappa shape index (κ1) is 22.5. The third kappa shape index (κ3) is 5.94. The van der Waals surface area contributed by atoms with E-state index in [1.165, 1.54) is 24.3 Å². The van der Waals surface area contributed by atoms with Gasteiger partial charge in [-0.2, -0.15) is 0 Å². The van der Waals surface area contributed by atoms with Crippen molar-refractivity contribution in [1.82, 2.24) is 15.5 Å². The summed E-state index contributed by atoms with van der Waals surface area (Å²) in [5.41, 5.74) is 0.396. The fourth-order valence-electron chi connectivity index (χ4n) is 4.29. The molecule has 3 rings (SSSR count). The molecule has 6 nitrogen and oxygen atoms in total. The highest BCUT2D eigenvalue weighted by Crippen LogP contribution is 2.22. The van der Waals surface area contributed by atoms with Gasteiger partial charge >= 0.3 is 0 Å². The van der Waals surface area contributed by atoms with Crippen molar-refractivity contribution >= 4 is 29.3 Å². The quantitative estimate of drug-likeness (QED) is 0.672. The molecule has 30 heavy (non-hydrogen) atoms. The Labute approximate surface area is 181 Å². The Morgan fingerprint density at radius 2 is 1.67 bits per heavy atom. The van der Waals surface area contributed by atoms with Crippen LogP contribution in [0.5, 0.6) is 0 Å². The van der Waals surface area contributed by atoms with Crippen molar-refractivity contribution in [2.75, 3.05) is 19.0 Å². The Hall–Kier alpha value is -2.15. The fraction of sp³-hybridized carbons (Fsp3) is 0.591. The number of halogens is 2. The summed E-state index contributed by atoms with van der Waals surface area (Å²) in [5, 5.41) is 6.12. The average molecular weight is 438 g/mol. The second kappa shape index (κ2) is 10.8. The Balaban J connectivity index is 1.58. The van der Waals surface area contributed by atoms with Crippen LogP contribution in [0.25, 0.3) is 0 Å². The molecule has 1 aromatic carbocycles. The lowest BCUT2D eigenvalue weighted by molar-refractivity contribution is -0.135. The Morgan fingerprint density at radius 3 is 2.33 bits per heavy atom. The molecule has 1 saturated heterocycles. The monoisotopic (exact) mass is 437 g/mol. The molecule has 1 heterocycles. The van der Waals surface area contributed by atoms with Crippen LogP contribution in [-0.4, -0.2) is 53.7 Å². The Bertz CT molecular complexity index is 758. The van der Waals surface area contributed by atoms with Crippen LogP contribution in [0.15, 0.2) is 24.3 Å². The van der Waals surface area contributed by atoms with Crippen LogP contribution in [0.4, 0.5) is 4.39 Å². The van der Waals surface area contributed by atoms with Gasteiger partial charge in [0.25, 0.3) is 5.91 Å². The molecule has 1 aliphatic heterocycles. The highest BCUT2D eigenvalue weighted by molar-refractivity contribution is 6.18. The van der Waals surface area contributed by atoms with Crippen LogP contribution in [0, 0.1) is 11.7 Å². The number of alkyl halides is 1. The number of piperidine rings is 1. The first-order valence-corrected chi connectivity index (χ1v) is 11.2. The van der Waals surface area contributed by atoms with Gasteiger partial charge in [-0.05, 0) is 49.9 Å². The predicted molar refractivity (Wildman–Crippen MR) is 113 cm³/mol. The molecule has 3 amide bonds. The molecule has 0 radical (unpaired) electrons. The summed E-state index contributed by atoms with van der Waals surface area (Å²) in [5.74, 6) is -0.689. The Kier molecular flexibility index (Phi) is 8.08. The van der Waals surface area contributed by atoms with Crippen molar-refractivity contribution in [2.24, 2.45) is 5.92 Å². The van der Waals surface area contributed by atoms with Gasteiger partial charge in [0.1, 0.15) is 5.82 Å². The minimum Gasteiger partial charge on any atom is -0.351 e. The molecule has 1 aromatic rings. The van der Waals surface area contributed by atoms with Crippen LogP contribution in [0.2, 0.25) is 0 Å². The number of amides is 3. The maximum absolute atomic E-state index is 13.1. The summed E-state index contributed by atoms with van der Waals surface area (Å²) >= 11 is 5.67. The zero-order valence-electron chi connectivity index (χ0n) is 17.0. The molecule has 1 saturated carbocycles. The molecule has 0 aromatic heterocycles. The summed E-state index contributed by atoms with van der Waals surface area (Å²) < 4.78 is 13.1. The normalized spacial score (nSPS) is 24.2. The van der Waals surface area contributed by atoms with Crippen LogP contribution >= 0.6 is 11.6 Å². The minimum atomic E-state index is -0.389. The molecule has 0 spiro atoms. The van der Waals surface area contributed by atoms with Gasteiger partial charge in [-0.3, -0.25) is 14.4 Å². The first-order chi connectivity index (χ1) is 14.5. The highest BCUT2D eigenvalue weighted by Gasteiger charge is 2.33. The standard InChI is InChI=1S/C22H29ClFN3O3/c23-12-11-20(28)27-13-3-4-16(14-27)22(30)26-19-6-2-1-5-18(19)25-21(29)15-7-9-17(24)10-8-15/h7-10,16,18-19H,1-6,11-14H2,(H,25,29)(H,26,30)/t16?,18-,19-/m1/s1. The third-order valence-corrected chi connectivity index (χ3v) is 6.16. The van der Waals surface area contributed by atoms with Crippen LogP contribution in [-0.2, 0) is 9.59 Å². The fourth-order valence-corrected chi connectivity index (χ4v) is 4.45.